The van der Waals surface area contributed by atoms with E-state index in [0.717, 1.165) is 56.1 Å². The summed E-state index contributed by atoms with van der Waals surface area (Å²) in [6.07, 6.45) is 12.9. The average Bonchev–Trinajstić information content (AvgIpc) is 4.02. The number of likely N-dealkylation sites (N-methyl/N-ethyl adjacent to an activating group) is 1. The number of benzene rings is 2. The lowest BCUT2D eigenvalue weighted by atomic mass is 9.88. The van der Waals surface area contributed by atoms with E-state index < -0.39 is 36.1 Å². The summed E-state index contributed by atoms with van der Waals surface area (Å²) in [7, 11) is 1.62. The molecule has 10 heteroatoms. The number of amides is 2. The molecule has 10 nitrogen and oxygen atoms in total. The molecular formula is C41H48N2O8. The highest BCUT2D eigenvalue weighted by molar-refractivity contribution is 5.97. The highest BCUT2D eigenvalue weighted by Crippen LogP contribution is 2.59. The fourth-order valence-electron chi connectivity index (χ4n) is 8.30. The summed E-state index contributed by atoms with van der Waals surface area (Å²) >= 11 is 0. The fraction of sp³-hybridized carbons (Fsp3) is 0.537. The van der Waals surface area contributed by atoms with Crippen molar-refractivity contribution in [1.29, 1.82) is 0 Å². The maximum absolute atomic E-state index is 14.3. The van der Waals surface area contributed by atoms with Gasteiger partial charge in [0.05, 0.1) is 24.4 Å². The third kappa shape index (κ3) is 7.42. The Hall–Kier alpha value is -3.83. The second kappa shape index (κ2) is 14.3. The number of nitrogens with one attached hydrogen (secondary N) is 1. The summed E-state index contributed by atoms with van der Waals surface area (Å²) in [5, 5.41) is 12.1. The van der Waals surface area contributed by atoms with Crippen LogP contribution in [0.2, 0.25) is 0 Å². The molecule has 0 aromatic heterocycles. The first-order chi connectivity index (χ1) is 24.8. The van der Waals surface area contributed by atoms with Gasteiger partial charge in [-0.05, 0) is 80.2 Å². The SMILES string of the molecule is CN(C(=O)C1=CC2OC(C3CC3)(C3CC3)OC2C(OC(=O)c2cccc(C=CC3CCC4OC4C3)c2)C1)C(Cc1ccccc1)C(=O)NCCO. The van der Waals surface area contributed by atoms with Crippen LogP contribution < -0.4 is 5.32 Å². The van der Waals surface area contributed by atoms with Gasteiger partial charge < -0.3 is 34.3 Å². The van der Waals surface area contributed by atoms with Crippen molar-refractivity contribution in [3.05, 3.63) is 89.0 Å². The summed E-state index contributed by atoms with van der Waals surface area (Å²) in [4.78, 5) is 42.9. The monoisotopic (exact) mass is 696 g/mol. The van der Waals surface area contributed by atoms with E-state index in [2.05, 4.69) is 17.5 Å². The van der Waals surface area contributed by atoms with Crippen LogP contribution in [0.4, 0.5) is 0 Å². The summed E-state index contributed by atoms with van der Waals surface area (Å²) < 4.78 is 25.5. The predicted octanol–water partition coefficient (Wildman–Crippen LogP) is 4.60. The number of aliphatic hydroxyl groups is 1. The van der Waals surface area contributed by atoms with Gasteiger partial charge in [0, 0.05) is 43.8 Å². The average molecular weight is 697 g/mol. The molecule has 270 valence electrons. The Labute approximate surface area is 299 Å². The molecule has 0 spiro atoms. The van der Waals surface area contributed by atoms with Gasteiger partial charge in [-0.25, -0.2) is 4.79 Å². The number of rotatable bonds is 13. The minimum atomic E-state index is -0.827. The van der Waals surface area contributed by atoms with Crippen molar-refractivity contribution in [3.8, 4) is 0 Å². The van der Waals surface area contributed by atoms with Crippen molar-refractivity contribution in [3.63, 3.8) is 0 Å². The fourth-order valence-corrected chi connectivity index (χ4v) is 8.30. The van der Waals surface area contributed by atoms with E-state index in [0.29, 0.717) is 35.7 Å². The Morgan fingerprint density at radius 2 is 1.78 bits per heavy atom. The van der Waals surface area contributed by atoms with Crippen LogP contribution in [0.25, 0.3) is 6.08 Å². The Morgan fingerprint density at radius 1 is 1.00 bits per heavy atom. The predicted molar refractivity (Wildman–Crippen MR) is 188 cm³/mol. The van der Waals surface area contributed by atoms with Crippen LogP contribution in [0.5, 0.6) is 0 Å². The van der Waals surface area contributed by atoms with Crippen LogP contribution in [0, 0.1) is 17.8 Å². The number of epoxide rings is 1. The lowest BCUT2D eigenvalue weighted by Gasteiger charge is -2.33. The number of fused-ring (bicyclic) bond motifs is 2. The van der Waals surface area contributed by atoms with Crippen molar-refractivity contribution in [2.45, 2.75) is 100 Å². The summed E-state index contributed by atoms with van der Waals surface area (Å²) in [5.41, 5.74) is 2.67. The first-order valence-corrected chi connectivity index (χ1v) is 18.7. The third-order valence-electron chi connectivity index (χ3n) is 11.4. The first-order valence-electron chi connectivity index (χ1n) is 18.7. The second-order valence-electron chi connectivity index (χ2n) is 15.2. The maximum atomic E-state index is 14.3. The molecule has 2 N–H and O–H groups in total. The number of esters is 1. The minimum absolute atomic E-state index is 0.0830. The van der Waals surface area contributed by atoms with Crippen LogP contribution in [0.3, 0.4) is 0 Å². The molecule has 4 aliphatic carbocycles. The topological polar surface area (TPSA) is 127 Å². The van der Waals surface area contributed by atoms with Crippen molar-refractivity contribution in [2.24, 2.45) is 17.8 Å². The Morgan fingerprint density at radius 3 is 2.51 bits per heavy atom. The molecule has 7 atom stereocenters. The number of hydrogen-bond acceptors (Lipinski definition) is 8. The van der Waals surface area contributed by atoms with E-state index in [1.54, 1.807) is 13.1 Å². The normalized spacial score (nSPS) is 29.7. The lowest BCUT2D eigenvalue weighted by Crippen LogP contribution is -2.51. The van der Waals surface area contributed by atoms with E-state index in [1.165, 1.54) is 4.90 Å². The molecular weight excluding hydrogens is 648 g/mol. The largest absolute Gasteiger partial charge is 0.456 e. The minimum Gasteiger partial charge on any atom is -0.456 e. The number of ether oxygens (including phenoxy) is 4. The van der Waals surface area contributed by atoms with E-state index in [9.17, 15) is 19.5 Å². The number of allylic oxidation sites excluding steroid dienone is 1. The zero-order valence-electron chi connectivity index (χ0n) is 29.2. The van der Waals surface area contributed by atoms with Gasteiger partial charge in [0.2, 0.25) is 11.8 Å². The highest BCUT2D eigenvalue weighted by atomic mass is 16.8. The van der Waals surface area contributed by atoms with Gasteiger partial charge >= 0.3 is 5.97 Å². The molecule has 6 aliphatic rings. The molecule has 7 unspecified atom stereocenters. The molecule has 0 bridgehead atoms. The number of nitrogens with zero attached hydrogens (tertiary/aromatic N) is 1. The molecule has 0 radical (unpaired) electrons. The molecule has 2 aromatic carbocycles. The van der Waals surface area contributed by atoms with Gasteiger partial charge in [-0.15, -0.1) is 0 Å². The molecule has 51 heavy (non-hydrogen) atoms. The number of carbonyl (C=O) groups is 3. The van der Waals surface area contributed by atoms with Gasteiger partial charge in [0.25, 0.3) is 0 Å². The van der Waals surface area contributed by atoms with Crippen molar-refractivity contribution in [1.82, 2.24) is 10.2 Å². The van der Waals surface area contributed by atoms with E-state index in [1.807, 2.05) is 54.6 Å². The zero-order valence-corrected chi connectivity index (χ0v) is 29.2. The van der Waals surface area contributed by atoms with Crippen LogP contribution in [0.1, 0.15) is 72.9 Å². The zero-order chi connectivity index (χ0) is 35.1. The summed E-state index contributed by atoms with van der Waals surface area (Å²) in [6.45, 7) is -0.126. The van der Waals surface area contributed by atoms with Crippen LogP contribution in [-0.2, 0) is 35.0 Å². The van der Waals surface area contributed by atoms with E-state index in [4.69, 9.17) is 18.9 Å². The Balaban J connectivity index is 1.02. The van der Waals surface area contributed by atoms with Gasteiger partial charge in [-0.3, -0.25) is 9.59 Å². The number of carbonyl (C=O) groups excluding carboxylic acids is 3. The van der Waals surface area contributed by atoms with Crippen LogP contribution >= 0.6 is 0 Å². The third-order valence-corrected chi connectivity index (χ3v) is 11.4. The van der Waals surface area contributed by atoms with Gasteiger partial charge in [0.1, 0.15) is 24.4 Å². The molecule has 2 amide bonds. The summed E-state index contributed by atoms with van der Waals surface area (Å²) in [6, 6.07) is 16.1. The smallest absolute Gasteiger partial charge is 0.338 e. The quantitative estimate of drug-likeness (QED) is 0.230. The van der Waals surface area contributed by atoms with Gasteiger partial charge in [-0.2, -0.15) is 0 Å². The van der Waals surface area contributed by atoms with Gasteiger partial charge in [0.15, 0.2) is 5.79 Å². The molecule has 5 fully saturated rings. The number of hydrogen-bond donors (Lipinski definition) is 2. The molecule has 2 aliphatic heterocycles. The molecule has 2 saturated heterocycles. The summed E-state index contributed by atoms with van der Waals surface area (Å²) in [5.74, 6) is -0.856. The lowest BCUT2D eigenvalue weighted by molar-refractivity contribution is -0.209. The van der Waals surface area contributed by atoms with E-state index in [-0.39, 0.29) is 43.2 Å². The van der Waals surface area contributed by atoms with Crippen LogP contribution in [0.15, 0.2) is 72.3 Å². The maximum Gasteiger partial charge on any atom is 0.338 e. The van der Waals surface area contributed by atoms with Crippen LogP contribution in [-0.4, -0.2) is 90.3 Å². The highest BCUT2D eigenvalue weighted by Gasteiger charge is 2.64. The standard InChI is InChI=1S/C41H48N2O8/c1-43(32(38(45)42-18-19-44)21-25-6-3-2-4-7-25)39(46)29-23-35(37-36(24-29)50-41(51-37,30-13-14-30)31-15-16-31)49-40(47)28-9-5-8-26(20-28)10-11-27-12-17-33-34(22-27)48-33/h2-11,20,24,27,30-37,44H,12-19,21-23H2,1H3,(H,42,45). The van der Waals surface area contributed by atoms with Crippen molar-refractivity contribution >= 4 is 23.9 Å². The molecule has 3 saturated carbocycles. The molecule has 8 rings (SSSR count). The Bertz CT molecular complexity index is 1670. The van der Waals surface area contributed by atoms with Gasteiger partial charge in [-0.1, -0.05) is 54.6 Å². The Kier molecular flexibility index (Phi) is 9.61. The second-order valence-corrected chi connectivity index (χ2v) is 15.2. The van der Waals surface area contributed by atoms with Crippen molar-refractivity contribution < 1.29 is 38.4 Å². The molecule has 2 heterocycles. The number of aliphatic hydroxyl groups excluding tert-OH is 1. The van der Waals surface area contributed by atoms with Crippen molar-refractivity contribution in [2.75, 3.05) is 20.2 Å². The van der Waals surface area contributed by atoms with E-state index >= 15 is 0 Å². The first kappa shape index (κ1) is 34.3. The molecule has 2 aromatic rings.